The van der Waals surface area contributed by atoms with E-state index in [1.807, 2.05) is 24.4 Å². The van der Waals surface area contributed by atoms with Gasteiger partial charge in [0.25, 0.3) is 0 Å². The normalized spacial score (nSPS) is 22.5. The number of carbonyl (C=O) groups is 2. The Morgan fingerprint density at radius 1 is 1.03 bits per heavy atom. The fourth-order valence-electron chi connectivity index (χ4n) is 3.44. The maximum atomic E-state index is 12.1. The molecule has 1 saturated carbocycles. The molecule has 0 bridgehead atoms. The summed E-state index contributed by atoms with van der Waals surface area (Å²) in [5, 5.41) is 15.0. The maximum Gasteiger partial charge on any atom is 0.430 e. The van der Waals surface area contributed by atoms with Gasteiger partial charge in [-0.25, -0.2) is 9.78 Å². The van der Waals surface area contributed by atoms with Crippen LogP contribution >= 0.6 is 0 Å². The lowest BCUT2D eigenvalue weighted by Crippen LogP contribution is -2.50. The number of urea groups is 1. The lowest BCUT2D eigenvalue weighted by atomic mass is 9.92. The topological polar surface area (TPSA) is 121 Å². The van der Waals surface area contributed by atoms with E-state index in [0.717, 1.165) is 57.4 Å². The number of anilines is 1. The van der Waals surface area contributed by atoms with E-state index in [9.17, 15) is 18.0 Å². The minimum Gasteiger partial charge on any atom is -0.675 e. The number of halogens is 3. The molecule has 2 fully saturated rings. The van der Waals surface area contributed by atoms with Crippen LogP contribution in [0.25, 0.3) is 5.73 Å². The molecule has 3 N–H and O–H groups in total. The quantitative estimate of drug-likeness (QED) is 0.761. The van der Waals surface area contributed by atoms with Crippen molar-refractivity contribution in [1.82, 2.24) is 15.6 Å². The fourth-order valence-corrected chi connectivity index (χ4v) is 3.44. The Hall–Kier alpha value is -2.56. The predicted molar refractivity (Wildman–Crippen MR) is 103 cm³/mol. The van der Waals surface area contributed by atoms with Crippen molar-refractivity contribution in [3.63, 3.8) is 0 Å². The zero-order chi connectivity index (χ0) is 22.1. The van der Waals surface area contributed by atoms with Crippen molar-refractivity contribution in [3.05, 3.63) is 30.1 Å². The third-order valence-corrected chi connectivity index (χ3v) is 5.10. The summed E-state index contributed by atoms with van der Waals surface area (Å²) in [5.74, 6) is -1.99. The highest BCUT2D eigenvalue weighted by Crippen LogP contribution is 2.20. The van der Waals surface area contributed by atoms with Gasteiger partial charge in [0.15, 0.2) is 0 Å². The van der Waals surface area contributed by atoms with E-state index in [1.54, 1.807) is 0 Å². The van der Waals surface area contributed by atoms with Gasteiger partial charge in [-0.2, -0.15) is 13.2 Å². The largest absolute Gasteiger partial charge is 0.675 e. The Morgan fingerprint density at radius 3 is 2.03 bits per heavy atom. The van der Waals surface area contributed by atoms with Crippen LogP contribution in [-0.2, 0) is 4.79 Å². The van der Waals surface area contributed by atoms with Gasteiger partial charge in [0.1, 0.15) is 11.8 Å². The summed E-state index contributed by atoms with van der Waals surface area (Å²) >= 11 is 0. The first-order valence-electron chi connectivity index (χ1n) is 9.87. The molecule has 168 valence electrons. The summed E-state index contributed by atoms with van der Waals surface area (Å²) < 4.78 is 31.5. The Morgan fingerprint density at radius 2 is 1.57 bits per heavy atom. The second-order valence-electron chi connectivity index (χ2n) is 7.40. The summed E-state index contributed by atoms with van der Waals surface area (Å²) in [4.78, 5) is 27.6. The Labute approximate surface area is 173 Å². The van der Waals surface area contributed by atoms with E-state index in [2.05, 4.69) is 20.5 Å². The third-order valence-electron chi connectivity index (χ3n) is 5.10. The first-order valence-corrected chi connectivity index (χ1v) is 9.87. The van der Waals surface area contributed by atoms with Crippen LogP contribution in [0.15, 0.2) is 24.4 Å². The summed E-state index contributed by atoms with van der Waals surface area (Å²) in [5.41, 5.74) is 7.70. The molecule has 0 aromatic carbocycles. The summed E-state index contributed by atoms with van der Waals surface area (Å²) in [6.07, 6.45) is 2.17. The van der Waals surface area contributed by atoms with Gasteiger partial charge in [0, 0.05) is 31.4 Å². The Balaban J connectivity index is 0.000000396. The van der Waals surface area contributed by atoms with Crippen molar-refractivity contribution < 1.29 is 27.9 Å². The summed E-state index contributed by atoms with van der Waals surface area (Å²) in [7, 11) is 0. The van der Waals surface area contributed by atoms with Gasteiger partial charge in [-0.05, 0) is 37.8 Å². The number of hydrogen-bond acceptors (Lipinski definition) is 5. The highest BCUT2D eigenvalue weighted by atomic mass is 19.4. The maximum absolute atomic E-state index is 12.1. The molecule has 0 atom stereocenters. The zero-order valence-corrected chi connectivity index (χ0v) is 16.5. The number of aromatic nitrogens is 1. The van der Waals surface area contributed by atoms with Gasteiger partial charge in [-0.15, -0.1) is 6.04 Å². The van der Waals surface area contributed by atoms with Gasteiger partial charge in [0.2, 0.25) is 0 Å². The number of carboxylic acids is 1. The number of pyridine rings is 1. The minimum absolute atomic E-state index is 0.0466. The third kappa shape index (κ3) is 8.05. The summed E-state index contributed by atoms with van der Waals surface area (Å²) in [6, 6.07) is 6.46. The molecular formula is C19H26F3N5O3-2. The highest BCUT2D eigenvalue weighted by Gasteiger charge is 2.28. The van der Waals surface area contributed by atoms with Crippen LogP contribution < -0.4 is 20.6 Å². The average Bonchev–Trinajstić information content (AvgIpc) is 2.71. The van der Waals surface area contributed by atoms with E-state index in [1.165, 1.54) is 0 Å². The van der Waals surface area contributed by atoms with Crippen molar-refractivity contribution in [2.75, 3.05) is 18.0 Å². The number of carboxylic acid groups (broad SMARTS) is 1. The molecule has 8 nitrogen and oxygen atoms in total. The van der Waals surface area contributed by atoms with Crippen molar-refractivity contribution in [1.29, 1.82) is 0 Å². The molecule has 2 heterocycles. The van der Waals surface area contributed by atoms with Crippen LogP contribution in [0.2, 0.25) is 0 Å². The van der Waals surface area contributed by atoms with E-state index >= 15 is 0 Å². The smallest absolute Gasteiger partial charge is 0.430 e. The molecule has 3 rings (SSSR count). The van der Waals surface area contributed by atoms with Crippen LogP contribution in [0.3, 0.4) is 0 Å². The number of nitrogens with zero attached hydrogens (tertiary/aromatic N) is 2. The van der Waals surface area contributed by atoms with Gasteiger partial charge in [-0.1, -0.05) is 18.9 Å². The molecule has 30 heavy (non-hydrogen) atoms. The molecular weight excluding hydrogens is 403 g/mol. The number of nitrogens with one attached hydrogen (secondary N) is 3. The first-order chi connectivity index (χ1) is 14.1. The lowest BCUT2D eigenvalue weighted by molar-refractivity contribution is -0.344. The van der Waals surface area contributed by atoms with E-state index < -0.39 is 12.1 Å². The molecule has 0 spiro atoms. The van der Waals surface area contributed by atoms with E-state index in [4.69, 9.17) is 15.6 Å². The van der Waals surface area contributed by atoms with Crippen molar-refractivity contribution in [2.24, 2.45) is 0 Å². The fraction of sp³-hybridized carbons (Fsp3) is 0.632. The first kappa shape index (κ1) is 23.7. The molecule has 0 radical (unpaired) electrons. The number of rotatable bonds is 3. The highest BCUT2D eigenvalue weighted by molar-refractivity contribution is 5.74. The molecule has 11 heteroatoms. The molecule has 1 aliphatic heterocycles. The number of hydrogen-bond donors (Lipinski definition) is 2. The predicted octanol–water partition coefficient (Wildman–Crippen LogP) is 2.01. The van der Waals surface area contributed by atoms with Gasteiger partial charge < -0.3 is 31.2 Å². The zero-order valence-electron chi connectivity index (χ0n) is 16.5. The Kier molecular flexibility index (Phi) is 8.70. The molecule has 2 amide bonds. The molecule has 1 aromatic heterocycles. The van der Waals surface area contributed by atoms with Crippen molar-refractivity contribution in [2.45, 2.75) is 62.8 Å². The second-order valence-corrected chi connectivity index (χ2v) is 7.40. The number of aliphatic carboxylic acids is 1. The van der Waals surface area contributed by atoms with Crippen molar-refractivity contribution in [3.8, 4) is 0 Å². The summed E-state index contributed by atoms with van der Waals surface area (Å²) in [6.45, 7) is 1.85. The molecule has 0 unspecified atom stereocenters. The minimum atomic E-state index is -5.19. The molecule has 1 aromatic rings. The number of amides is 2. The van der Waals surface area contributed by atoms with Gasteiger partial charge in [0.05, 0.1) is 0 Å². The van der Waals surface area contributed by atoms with Gasteiger partial charge >= 0.3 is 12.2 Å². The van der Waals surface area contributed by atoms with Crippen LogP contribution in [0.5, 0.6) is 0 Å². The lowest BCUT2D eigenvalue weighted by Gasteiger charge is -2.34. The number of piperidine rings is 1. The van der Waals surface area contributed by atoms with Crippen LogP contribution in [0.1, 0.15) is 38.5 Å². The SMILES string of the molecule is O=C([O-])C(F)(F)F.[NH-]C1CCC(NC(=O)NC2CCN(c3ccccn3)CC2)CC1. The Bertz CT molecular complexity index is 674. The van der Waals surface area contributed by atoms with Crippen LogP contribution in [0, 0.1) is 0 Å². The molecule has 2 aliphatic rings. The average molecular weight is 429 g/mol. The second kappa shape index (κ2) is 11.0. The van der Waals surface area contributed by atoms with E-state index in [-0.39, 0.29) is 24.2 Å². The number of carbonyl (C=O) groups excluding carboxylic acids is 2. The van der Waals surface area contributed by atoms with Crippen molar-refractivity contribution >= 4 is 17.8 Å². The van der Waals surface area contributed by atoms with E-state index in [0.29, 0.717) is 0 Å². The molecule has 1 saturated heterocycles. The monoisotopic (exact) mass is 429 g/mol. The standard InChI is InChI=1S/C17H26N5O.C2HF3O2/c18-13-4-6-14(7-5-13)20-17(23)21-15-8-11-22(12-9-15)16-3-1-2-10-19-16;3-2(4,5)1(6)7/h1-3,10,13-15,18H,4-9,11-12H2,(H2,20,21,23);(H,6,7)/q-1;/p-1. The number of alkyl halides is 3. The van der Waals surface area contributed by atoms with Crippen LogP contribution in [0.4, 0.5) is 23.8 Å². The molecule has 1 aliphatic carbocycles. The van der Waals surface area contributed by atoms with Gasteiger partial charge in [-0.3, -0.25) is 0 Å². The van der Waals surface area contributed by atoms with Crippen LogP contribution in [-0.4, -0.2) is 54.4 Å².